The zero-order valence-electron chi connectivity index (χ0n) is 9.48. The number of hydrogen-bond acceptors (Lipinski definition) is 3. The lowest BCUT2D eigenvalue weighted by Crippen LogP contribution is -2.26. The van der Waals surface area contributed by atoms with Crippen LogP contribution in [0.4, 0.5) is 0 Å². The van der Waals surface area contributed by atoms with Crippen LogP contribution in [0.2, 0.25) is 0 Å². The fourth-order valence-electron chi connectivity index (χ4n) is 2.60. The monoisotopic (exact) mass is 218 g/mol. The van der Waals surface area contributed by atoms with Crippen molar-refractivity contribution in [1.29, 1.82) is 0 Å². The van der Waals surface area contributed by atoms with E-state index in [4.69, 9.17) is 10.5 Å². The van der Waals surface area contributed by atoms with Crippen molar-refractivity contribution in [2.24, 2.45) is 5.73 Å². The van der Waals surface area contributed by atoms with Gasteiger partial charge in [-0.3, -0.25) is 4.90 Å². The molecule has 1 aromatic rings. The molecule has 2 heterocycles. The molecule has 0 saturated carbocycles. The molecule has 1 aromatic carbocycles. The van der Waals surface area contributed by atoms with Crippen LogP contribution in [0.5, 0.6) is 5.75 Å². The van der Waals surface area contributed by atoms with Crippen molar-refractivity contribution < 1.29 is 4.74 Å². The summed E-state index contributed by atoms with van der Waals surface area (Å²) in [6, 6.07) is 6.94. The average molecular weight is 218 g/mol. The van der Waals surface area contributed by atoms with E-state index in [-0.39, 0.29) is 0 Å². The highest BCUT2D eigenvalue weighted by Gasteiger charge is 2.19. The third-order valence-electron chi connectivity index (χ3n) is 3.47. The molecule has 0 unspecified atom stereocenters. The highest BCUT2D eigenvalue weighted by atomic mass is 16.5. The quantitative estimate of drug-likeness (QED) is 0.809. The first kappa shape index (κ1) is 10.1. The van der Waals surface area contributed by atoms with Gasteiger partial charge in [-0.1, -0.05) is 12.1 Å². The maximum absolute atomic E-state index is 5.91. The van der Waals surface area contributed by atoms with Gasteiger partial charge in [0.15, 0.2) is 0 Å². The number of likely N-dealkylation sites (tertiary alicyclic amines) is 1. The summed E-state index contributed by atoms with van der Waals surface area (Å²) in [5.74, 6) is 1.07. The molecule has 0 aliphatic carbocycles. The molecule has 1 atom stereocenters. The van der Waals surface area contributed by atoms with E-state index in [0.29, 0.717) is 6.04 Å². The van der Waals surface area contributed by atoms with Gasteiger partial charge < -0.3 is 10.5 Å². The summed E-state index contributed by atoms with van der Waals surface area (Å²) >= 11 is 0. The molecule has 2 aliphatic rings. The Morgan fingerprint density at radius 2 is 2.38 bits per heavy atom. The molecule has 0 amide bonds. The smallest absolute Gasteiger partial charge is 0.122 e. The molecule has 0 aromatic heterocycles. The molecular weight excluding hydrogens is 200 g/mol. The molecule has 3 rings (SSSR count). The van der Waals surface area contributed by atoms with Crippen LogP contribution >= 0.6 is 0 Å². The number of ether oxygens (including phenoxy) is 1. The van der Waals surface area contributed by atoms with Crippen molar-refractivity contribution in [3.8, 4) is 5.75 Å². The Morgan fingerprint density at radius 1 is 1.44 bits per heavy atom. The van der Waals surface area contributed by atoms with Gasteiger partial charge in [0, 0.05) is 32.1 Å². The average Bonchev–Trinajstić information content (AvgIpc) is 2.87. The Bertz CT molecular complexity index is 392. The van der Waals surface area contributed by atoms with Crippen molar-refractivity contribution in [1.82, 2.24) is 4.90 Å². The Hall–Kier alpha value is -1.06. The minimum Gasteiger partial charge on any atom is -0.493 e. The van der Waals surface area contributed by atoms with Crippen molar-refractivity contribution in [2.45, 2.75) is 25.4 Å². The number of nitrogens with two attached hydrogens (primary N) is 1. The summed E-state index contributed by atoms with van der Waals surface area (Å²) < 4.78 is 5.51. The highest BCUT2D eigenvalue weighted by Crippen LogP contribution is 2.26. The summed E-state index contributed by atoms with van der Waals surface area (Å²) in [7, 11) is 0. The number of nitrogens with zero attached hydrogens (tertiary/aromatic N) is 1. The summed E-state index contributed by atoms with van der Waals surface area (Å²) in [6.45, 7) is 4.04. The topological polar surface area (TPSA) is 38.5 Å². The summed E-state index contributed by atoms with van der Waals surface area (Å²) in [5.41, 5.74) is 8.66. The molecular formula is C13H18N2O. The van der Waals surface area contributed by atoms with E-state index in [0.717, 1.165) is 44.8 Å². The number of rotatable bonds is 2. The van der Waals surface area contributed by atoms with Crippen LogP contribution in [0.25, 0.3) is 0 Å². The SMILES string of the molecule is N[C@H]1CCN(Cc2ccc3c(c2)CCO3)C1. The van der Waals surface area contributed by atoms with Gasteiger partial charge >= 0.3 is 0 Å². The second-order valence-corrected chi connectivity index (χ2v) is 4.82. The maximum atomic E-state index is 5.91. The maximum Gasteiger partial charge on any atom is 0.122 e. The summed E-state index contributed by atoms with van der Waals surface area (Å²) in [6.07, 6.45) is 2.19. The number of fused-ring (bicyclic) bond motifs is 1. The van der Waals surface area contributed by atoms with E-state index in [1.165, 1.54) is 11.1 Å². The largest absolute Gasteiger partial charge is 0.493 e. The molecule has 2 aliphatic heterocycles. The van der Waals surface area contributed by atoms with E-state index in [2.05, 4.69) is 23.1 Å². The minimum atomic E-state index is 0.373. The molecule has 86 valence electrons. The molecule has 0 bridgehead atoms. The standard InChI is InChI=1S/C13H18N2O/c14-12-3-5-15(9-12)8-10-1-2-13-11(7-10)4-6-16-13/h1-2,7,12H,3-6,8-9,14H2/t12-/m0/s1. The first-order valence-electron chi connectivity index (χ1n) is 6.04. The van der Waals surface area contributed by atoms with Gasteiger partial charge in [0.25, 0.3) is 0 Å². The first-order chi connectivity index (χ1) is 7.81. The number of benzene rings is 1. The molecule has 1 saturated heterocycles. The van der Waals surface area contributed by atoms with E-state index >= 15 is 0 Å². The molecule has 0 radical (unpaired) electrons. The normalized spacial score (nSPS) is 24.4. The second kappa shape index (κ2) is 4.07. The van der Waals surface area contributed by atoms with Crippen LogP contribution in [0.15, 0.2) is 18.2 Å². The summed E-state index contributed by atoms with van der Waals surface area (Å²) in [5, 5.41) is 0. The fraction of sp³-hybridized carbons (Fsp3) is 0.538. The third kappa shape index (κ3) is 1.93. The van der Waals surface area contributed by atoms with E-state index in [1.54, 1.807) is 0 Å². The van der Waals surface area contributed by atoms with Gasteiger partial charge in [0.2, 0.25) is 0 Å². The van der Waals surface area contributed by atoms with Gasteiger partial charge in [-0.25, -0.2) is 0 Å². The molecule has 1 fully saturated rings. The summed E-state index contributed by atoms with van der Waals surface area (Å²) in [4.78, 5) is 2.43. The molecule has 0 spiro atoms. The highest BCUT2D eigenvalue weighted by molar-refractivity contribution is 5.39. The Balaban J connectivity index is 1.71. The van der Waals surface area contributed by atoms with Crippen LogP contribution in [-0.4, -0.2) is 30.6 Å². The molecule has 16 heavy (non-hydrogen) atoms. The molecule has 3 nitrogen and oxygen atoms in total. The third-order valence-corrected chi connectivity index (χ3v) is 3.47. The zero-order valence-corrected chi connectivity index (χ0v) is 9.48. The lowest BCUT2D eigenvalue weighted by atomic mass is 10.1. The Morgan fingerprint density at radius 3 is 3.19 bits per heavy atom. The van der Waals surface area contributed by atoms with Crippen molar-refractivity contribution in [2.75, 3.05) is 19.7 Å². The Kier molecular flexibility index (Phi) is 2.58. The van der Waals surface area contributed by atoms with Crippen LogP contribution < -0.4 is 10.5 Å². The molecule has 3 heteroatoms. The lowest BCUT2D eigenvalue weighted by molar-refractivity contribution is 0.326. The molecule has 2 N–H and O–H groups in total. The van der Waals surface area contributed by atoms with Gasteiger partial charge in [-0.15, -0.1) is 0 Å². The fourth-order valence-corrected chi connectivity index (χ4v) is 2.60. The lowest BCUT2D eigenvalue weighted by Gasteiger charge is -2.15. The van der Waals surface area contributed by atoms with Crippen molar-refractivity contribution in [3.63, 3.8) is 0 Å². The minimum absolute atomic E-state index is 0.373. The van der Waals surface area contributed by atoms with Crippen molar-refractivity contribution in [3.05, 3.63) is 29.3 Å². The van der Waals surface area contributed by atoms with Gasteiger partial charge in [-0.2, -0.15) is 0 Å². The second-order valence-electron chi connectivity index (χ2n) is 4.82. The van der Waals surface area contributed by atoms with Crippen LogP contribution in [-0.2, 0) is 13.0 Å². The van der Waals surface area contributed by atoms with Crippen molar-refractivity contribution >= 4 is 0 Å². The first-order valence-corrected chi connectivity index (χ1v) is 6.04. The number of hydrogen-bond donors (Lipinski definition) is 1. The Labute approximate surface area is 96.2 Å². The van der Waals surface area contributed by atoms with Gasteiger partial charge in [0.1, 0.15) is 5.75 Å². The van der Waals surface area contributed by atoms with Crippen LogP contribution in [0.3, 0.4) is 0 Å². The van der Waals surface area contributed by atoms with Gasteiger partial charge in [0.05, 0.1) is 6.61 Å². The van der Waals surface area contributed by atoms with E-state index < -0.39 is 0 Å². The van der Waals surface area contributed by atoms with E-state index in [9.17, 15) is 0 Å². The zero-order chi connectivity index (χ0) is 11.0. The van der Waals surface area contributed by atoms with E-state index in [1.807, 2.05) is 0 Å². The predicted octanol–water partition coefficient (Wildman–Crippen LogP) is 1.15. The van der Waals surface area contributed by atoms with Crippen LogP contribution in [0.1, 0.15) is 17.5 Å². The predicted molar refractivity (Wildman–Crippen MR) is 63.5 cm³/mol. The van der Waals surface area contributed by atoms with Crippen LogP contribution in [0, 0.1) is 0 Å². The van der Waals surface area contributed by atoms with Gasteiger partial charge in [-0.05, 0) is 23.6 Å².